The Morgan fingerprint density at radius 1 is 0.455 bits per heavy atom. The number of ether oxygens (including phenoxy) is 2. The summed E-state index contributed by atoms with van der Waals surface area (Å²) in [5.74, 6) is -0.278. The standard InChI is InChI=1S/C34H50NO9/c1-23-27(29(36)25(3)33(41-5)31(23)38)19-15-11-7-9-13-17-21-43-35(40)44-22-18-14-10-8-12-16-20-28-24(2)32(39)34(42-6)26(4)30(28)37/h7-22H2,1-6H3/q+1. The lowest BCUT2D eigenvalue weighted by molar-refractivity contribution is -0.981. The van der Waals surface area contributed by atoms with Gasteiger partial charge in [-0.1, -0.05) is 38.5 Å². The molecule has 0 N–H and O–H groups in total. The highest BCUT2D eigenvalue weighted by molar-refractivity contribution is 6.24. The summed E-state index contributed by atoms with van der Waals surface area (Å²) in [6.07, 6.45) is 12.2. The Kier molecular flexibility index (Phi) is 15.8. The number of allylic oxidation sites excluding steroid dienone is 6. The minimum atomic E-state index is -0.197. The molecular weight excluding hydrogens is 566 g/mol. The smallest absolute Gasteiger partial charge is 0.477 e. The van der Waals surface area contributed by atoms with Gasteiger partial charge in [0.05, 0.1) is 14.2 Å². The molecule has 0 atom stereocenters. The van der Waals surface area contributed by atoms with Crippen molar-refractivity contribution < 1.29 is 43.4 Å². The van der Waals surface area contributed by atoms with Crippen LogP contribution >= 0.6 is 0 Å². The van der Waals surface area contributed by atoms with E-state index in [4.69, 9.17) is 19.1 Å². The van der Waals surface area contributed by atoms with Crippen LogP contribution in [0.3, 0.4) is 0 Å². The van der Waals surface area contributed by atoms with Crippen LogP contribution in [0.15, 0.2) is 45.0 Å². The molecule has 0 aromatic carbocycles. The highest BCUT2D eigenvalue weighted by atomic mass is 17.0. The Morgan fingerprint density at radius 2 is 0.773 bits per heavy atom. The first kappa shape index (κ1) is 36.6. The number of rotatable bonds is 22. The SMILES string of the molecule is COC1=C(C)C(=O)C(CCCCCCCCO[N+](=O)OCCCCCCCCC2=C(C)C(=O)C(OC)=C(C)C2=O)=C(C)C1=O. The van der Waals surface area contributed by atoms with Gasteiger partial charge in [-0.3, -0.25) is 19.2 Å². The van der Waals surface area contributed by atoms with Crippen molar-refractivity contribution in [3.05, 3.63) is 49.9 Å². The molecule has 10 nitrogen and oxygen atoms in total. The fourth-order valence-electron chi connectivity index (χ4n) is 5.59. The van der Waals surface area contributed by atoms with Crippen LogP contribution < -0.4 is 0 Å². The Hall–Kier alpha value is -3.56. The summed E-state index contributed by atoms with van der Waals surface area (Å²) in [6, 6.07) is 0. The molecule has 0 aliphatic heterocycles. The third-order valence-corrected chi connectivity index (χ3v) is 8.35. The van der Waals surface area contributed by atoms with Gasteiger partial charge in [-0.2, -0.15) is 9.68 Å². The van der Waals surface area contributed by atoms with E-state index >= 15 is 0 Å². The number of hydrogen-bond donors (Lipinski definition) is 0. The van der Waals surface area contributed by atoms with Gasteiger partial charge in [-0.15, -0.1) is 0 Å². The van der Waals surface area contributed by atoms with Gasteiger partial charge in [0.1, 0.15) is 4.91 Å². The van der Waals surface area contributed by atoms with Crippen LogP contribution in [-0.4, -0.2) is 55.7 Å². The van der Waals surface area contributed by atoms with Crippen molar-refractivity contribution in [2.75, 3.05) is 27.4 Å². The van der Waals surface area contributed by atoms with Gasteiger partial charge in [0.2, 0.25) is 11.6 Å². The van der Waals surface area contributed by atoms with Crippen LogP contribution in [0.4, 0.5) is 0 Å². The quantitative estimate of drug-likeness (QED) is 0.0728. The van der Waals surface area contributed by atoms with Crippen molar-refractivity contribution in [3.63, 3.8) is 0 Å². The molecule has 10 heteroatoms. The summed E-state index contributed by atoms with van der Waals surface area (Å²) in [6.45, 7) is 7.25. The molecule has 0 bridgehead atoms. The molecular formula is C34H50NO9+. The zero-order valence-corrected chi connectivity index (χ0v) is 27.4. The molecule has 44 heavy (non-hydrogen) atoms. The first-order valence-corrected chi connectivity index (χ1v) is 15.9. The van der Waals surface area contributed by atoms with Crippen LogP contribution in [0.2, 0.25) is 0 Å². The number of nitrogens with zero attached hydrogens (tertiary/aromatic N) is 1. The van der Waals surface area contributed by atoms with Gasteiger partial charge in [0.25, 0.3) is 0 Å². The van der Waals surface area contributed by atoms with E-state index in [0.717, 1.165) is 77.0 Å². The van der Waals surface area contributed by atoms with E-state index in [2.05, 4.69) is 0 Å². The molecule has 2 aliphatic rings. The molecule has 2 aliphatic carbocycles. The Labute approximate surface area is 261 Å². The Balaban J connectivity index is 1.43. The molecule has 0 aromatic rings. The maximum atomic E-state index is 12.6. The van der Waals surface area contributed by atoms with Crippen molar-refractivity contribution >= 4 is 23.1 Å². The summed E-state index contributed by atoms with van der Waals surface area (Å²) in [7, 11) is 2.82. The topological polar surface area (TPSA) is 125 Å². The monoisotopic (exact) mass is 616 g/mol. The fraction of sp³-hybridized carbons (Fsp3) is 0.647. The van der Waals surface area contributed by atoms with E-state index < -0.39 is 0 Å². The van der Waals surface area contributed by atoms with Crippen LogP contribution in [0.5, 0.6) is 0 Å². The number of Topliss-reactive ketones (excluding diaryl/α,β-unsaturated/α-hetero) is 4. The Bertz CT molecular complexity index is 1130. The highest BCUT2D eigenvalue weighted by Crippen LogP contribution is 2.29. The maximum absolute atomic E-state index is 12.6. The van der Waals surface area contributed by atoms with Crippen molar-refractivity contribution in [3.8, 4) is 0 Å². The molecule has 0 heterocycles. The number of carbonyl (C=O) groups excluding carboxylic acids is 4. The summed E-state index contributed by atoms with van der Waals surface area (Å²) >= 11 is 0. The normalized spacial score (nSPS) is 16.0. The molecule has 244 valence electrons. The van der Waals surface area contributed by atoms with E-state index in [9.17, 15) is 24.1 Å². The van der Waals surface area contributed by atoms with Crippen molar-refractivity contribution in [2.24, 2.45) is 0 Å². The molecule has 0 spiro atoms. The third-order valence-electron chi connectivity index (χ3n) is 8.35. The number of carbonyl (C=O) groups is 4. The van der Waals surface area contributed by atoms with Crippen molar-refractivity contribution in [1.82, 2.24) is 0 Å². The zero-order chi connectivity index (χ0) is 32.6. The fourth-order valence-corrected chi connectivity index (χ4v) is 5.59. The van der Waals surface area contributed by atoms with Crippen LogP contribution in [0.1, 0.15) is 118 Å². The average Bonchev–Trinajstić information content (AvgIpc) is 3.00. The van der Waals surface area contributed by atoms with Gasteiger partial charge >= 0.3 is 5.09 Å². The molecule has 0 fully saturated rings. The largest absolute Gasteiger partial charge is 0.492 e. The van der Waals surface area contributed by atoms with E-state index in [-0.39, 0.29) is 39.7 Å². The minimum Gasteiger partial charge on any atom is -0.492 e. The summed E-state index contributed by atoms with van der Waals surface area (Å²) in [4.78, 5) is 71.7. The average molecular weight is 617 g/mol. The molecule has 2 rings (SSSR count). The lowest BCUT2D eigenvalue weighted by Crippen LogP contribution is -2.22. The van der Waals surface area contributed by atoms with Crippen molar-refractivity contribution in [2.45, 2.75) is 118 Å². The third kappa shape index (κ3) is 10.3. The number of hydrogen-bond acceptors (Lipinski definition) is 9. The van der Waals surface area contributed by atoms with Crippen LogP contribution in [-0.2, 0) is 38.3 Å². The van der Waals surface area contributed by atoms with Gasteiger partial charge in [0.15, 0.2) is 36.3 Å². The molecule has 0 amide bonds. The first-order valence-electron chi connectivity index (χ1n) is 15.9. The number of ketones is 4. The van der Waals surface area contributed by atoms with E-state index in [1.54, 1.807) is 27.7 Å². The van der Waals surface area contributed by atoms with E-state index in [1.807, 2.05) is 0 Å². The summed E-state index contributed by atoms with van der Waals surface area (Å²) < 4.78 is 10.2. The molecule has 0 unspecified atom stereocenters. The molecule has 0 saturated carbocycles. The summed E-state index contributed by atoms with van der Waals surface area (Å²) in [5, 5.41) is 0.202. The van der Waals surface area contributed by atoms with Gasteiger partial charge < -0.3 is 9.47 Å². The predicted molar refractivity (Wildman–Crippen MR) is 165 cm³/mol. The maximum Gasteiger partial charge on any atom is 0.477 e. The van der Waals surface area contributed by atoms with E-state index in [0.29, 0.717) is 59.5 Å². The number of unbranched alkanes of at least 4 members (excludes halogenated alkanes) is 10. The Morgan fingerprint density at radius 3 is 1.11 bits per heavy atom. The second-order valence-electron chi connectivity index (χ2n) is 11.5. The number of methoxy groups -OCH3 is 2. The second-order valence-corrected chi connectivity index (χ2v) is 11.5. The zero-order valence-electron chi connectivity index (χ0n) is 27.4. The van der Waals surface area contributed by atoms with Gasteiger partial charge in [0, 0.05) is 33.4 Å². The minimum absolute atomic E-state index is 0.0932. The van der Waals surface area contributed by atoms with Gasteiger partial charge in [-0.05, 0) is 79.1 Å². The lowest BCUT2D eigenvalue weighted by atomic mass is 9.86. The molecule has 0 radical (unpaired) electrons. The predicted octanol–water partition coefficient (Wildman–Crippen LogP) is 6.87. The molecule has 0 saturated heterocycles. The van der Waals surface area contributed by atoms with Gasteiger partial charge in [-0.25, -0.2) is 0 Å². The van der Waals surface area contributed by atoms with Crippen molar-refractivity contribution in [1.29, 1.82) is 0 Å². The summed E-state index contributed by atoms with van der Waals surface area (Å²) in [5.41, 5.74) is 2.95. The highest BCUT2D eigenvalue weighted by Gasteiger charge is 2.31. The van der Waals surface area contributed by atoms with Crippen LogP contribution in [0.25, 0.3) is 0 Å². The van der Waals surface area contributed by atoms with Crippen LogP contribution in [0, 0.1) is 4.91 Å². The second kappa shape index (κ2) is 19.0. The lowest BCUT2D eigenvalue weighted by Gasteiger charge is -2.19. The van der Waals surface area contributed by atoms with E-state index in [1.165, 1.54) is 14.2 Å². The molecule has 0 aromatic heterocycles. The first-order chi connectivity index (χ1) is 21.1.